The Labute approximate surface area is 245 Å². The Balaban J connectivity index is 1.26. The van der Waals surface area contributed by atoms with Gasteiger partial charge in [0.1, 0.15) is 0 Å². The second-order valence-corrected chi connectivity index (χ2v) is 12.4. The second kappa shape index (κ2) is 9.19. The molecule has 0 bridgehead atoms. The number of hydrogen-bond acceptors (Lipinski definition) is 2. The van der Waals surface area contributed by atoms with E-state index < -0.39 is 0 Å². The van der Waals surface area contributed by atoms with E-state index >= 15 is 0 Å². The minimum Gasteiger partial charge on any atom is -0.311 e. The molecule has 1 heterocycles. The minimum atomic E-state index is -0.0214. The highest BCUT2D eigenvalue weighted by molar-refractivity contribution is 7.26. The number of fused-ring (bicyclic) bond motifs is 7. The SMILES string of the molecule is CC1(C)c2ccccc2-c2ccc3c(sc4c(-c5ccc(N(c6ccccc6)c6ccccc6)cc5)cccc43)c21. The van der Waals surface area contributed by atoms with E-state index in [1.807, 2.05) is 11.3 Å². The van der Waals surface area contributed by atoms with Crippen molar-refractivity contribution in [1.29, 1.82) is 0 Å². The molecule has 0 spiro atoms. The molecule has 196 valence electrons. The standard InChI is InChI=1S/C39H29NS/c1-39(2)35-19-10-9-16-31(35)32-24-25-34-33-18-11-17-30(37(33)41-38(34)36(32)39)26-20-22-29(23-21-26)40(27-12-5-3-6-13-27)28-14-7-4-8-15-28/h3-25H,1-2H3. The van der Waals surface area contributed by atoms with Crippen LogP contribution in [0.1, 0.15) is 25.0 Å². The number of thiophene rings is 1. The number of anilines is 3. The molecule has 0 aliphatic heterocycles. The first-order chi connectivity index (χ1) is 20.1. The molecule has 1 aliphatic carbocycles. The first kappa shape index (κ1) is 24.2. The maximum atomic E-state index is 2.38. The summed E-state index contributed by atoms with van der Waals surface area (Å²) in [5.74, 6) is 0. The lowest BCUT2D eigenvalue weighted by Crippen LogP contribution is -2.14. The Kier molecular flexibility index (Phi) is 5.42. The van der Waals surface area contributed by atoms with Crippen LogP contribution in [0.3, 0.4) is 0 Å². The smallest absolute Gasteiger partial charge is 0.0462 e. The zero-order chi connectivity index (χ0) is 27.6. The molecule has 0 unspecified atom stereocenters. The molecule has 7 aromatic rings. The lowest BCUT2D eigenvalue weighted by molar-refractivity contribution is 0.667. The van der Waals surface area contributed by atoms with Crippen molar-refractivity contribution in [2.45, 2.75) is 19.3 Å². The summed E-state index contributed by atoms with van der Waals surface area (Å²) in [5.41, 5.74) is 11.6. The Bertz CT molecular complexity index is 2010. The van der Waals surface area contributed by atoms with Gasteiger partial charge in [0.2, 0.25) is 0 Å². The van der Waals surface area contributed by atoms with Crippen LogP contribution in [0.2, 0.25) is 0 Å². The lowest BCUT2D eigenvalue weighted by Gasteiger charge is -2.25. The quantitative estimate of drug-likeness (QED) is 0.213. The van der Waals surface area contributed by atoms with Crippen LogP contribution in [0.25, 0.3) is 42.4 Å². The topological polar surface area (TPSA) is 3.24 Å². The number of nitrogens with zero attached hydrogens (tertiary/aromatic N) is 1. The number of rotatable bonds is 4. The summed E-state index contributed by atoms with van der Waals surface area (Å²) in [5, 5.41) is 2.71. The van der Waals surface area contributed by atoms with E-state index in [0.29, 0.717) is 0 Å². The van der Waals surface area contributed by atoms with Gasteiger partial charge in [0, 0.05) is 42.6 Å². The van der Waals surface area contributed by atoms with Crippen molar-refractivity contribution in [1.82, 2.24) is 0 Å². The highest BCUT2D eigenvalue weighted by atomic mass is 32.1. The van der Waals surface area contributed by atoms with Crippen molar-refractivity contribution in [2.75, 3.05) is 4.90 Å². The fourth-order valence-corrected chi connectivity index (χ4v) is 8.27. The summed E-state index contributed by atoms with van der Waals surface area (Å²) in [6.45, 7) is 4.76. The first-order valence-corrected chi connectivity index (χ1v) is 15.0. The van der Waals surface area contributed by atoms with Crippen LogP contribution >= 0.6 is 11.3 Å². The zero-order valence-electron chi connectivity index (χ0n) is 23.1. The van der Waals surface area contributed by atoms with E-state index in [9.17, 15) is 0 Å². The summed E-state index contributed by atoms with van der Waals surface area (Å²) in [6.07, 6.45) is 0. The number of hydrogen-bond donors (Lipinski definition) is 0. The van der Waals surface area contributed by atoms with Crippen molar-refractivity contribution in [3.8, 4) is 22.3 Å². The predicted molar refractivity (Wildman–Crippen MR) is 177 cm³/mol. The third-order valence-electron chi connectivity index (χ3n) is 8.65. The van der Waals surface area contributed by atoms with Crippen LogP contribution < -0.4 is 4.90 Å². The van der Waals surface area contributed by atoms with E-state index in [0.717, 1.165) is 17.1 Å². The third kappa shape index (κ3) is 3.68. The van der Waals surface area contributed by atoms with Crippen LogP contribution in [0.4, 0.5) is 17.1 Å². The molecule has 0 saturated heterocycles. The highest BCUT2D eigenvalue weighted by Crippen LogP contribution is 2.54. The first-order valence-electron chi connectivity index (χ1n) is 14.2. The molecule has 0 atom stereocenters. The van der Waals surface area contributed by atoms with Gasteiger partial charge in [0.05, 0.1) is 0 Å². The predicted octanol–water partition coefficient (Wildman–Crippen LogP) is 11.5. The molecular formula is C39H29NS. The molecule has 6 aromatic carbocycles. The number of para-hydroxylation sites is 2. The summed E-state index contributed by atoms with van der Waals surface area (Å²) in [4.78, 5) is 2.31. The van der Waals surface area contributed by atoms with Gasteiger partial charge in [-0.15, -0.1) is 11.3 Å². The summed E-state index contributed by atoms with van der Waals surface area (Å²) < 4.78 is 2.78. The second-order valence-electron chi connectivity index (χ2n) is 11.4. The summed E-state index contributed by atoms with van der Waals surface area (Å²) in [6, 6.07) is 50.6. The van der Waals surface area contributed by atoms with Crippen molar-refractivity contribution < 1.29 is 0 Å². The zero-order valence-corrected chi connectivity index (χ0v) is 24.0. The molecular weight excluding hydrogens is 515 g/mol. The molecule has 1 aliphatic rings. The van der Waals surface area contributed by atoms with E-state index in [-0.39, 0.29) is 5.41 Å². The van der Waals surface area contributed by atoms with Crippen molar-refractivity contribution in [3.63, 3.8) is 0 Å². The van der Waals surface area contributed by atoms with Crippen molar-refractivity contribution >= 4 is 48.6 Å². The summed E-state index contributed by atoms with van der Waals surface area (Å²) >= 11 is 1.96. The van der Waals surface area contributed by atoms with Gasteiger partial charge in [-0.3, -0.25) is 0 Å². The fourth-order valence-electron chi connectivity index (χ4n) is 6.72. The maximum absolute atomic E-state index is 2.38. The van der Waals surface area contributed by atoms with Crippen molar-refractivity contribution in [2.24, 2.45) is 0 Å². The molecule has 0 amide bonds. The molecule has 8 rings (SSSR count). The average molecular weight is 544 g/mol. The van der Waals surface area contributed by atoms with Gasteiger partial charge in [-0.1, -0.05) is 117 Å². The molecule has 0 fully saturated rings. The van der Waals surface area contributed by atoms with Gasteiger partial charge in [-0.05, 0) is 69.8 Å². The third-order valence-corrected chi connectivity index (χ3v) is 9.92. The highest BCUT2D eigenvalue weighted by Gasteiger charge is 2.37. The Morgan fingerprint density at radius 1 is 0.463 bits per heavy atom. The van der Waals surface area contributed by atoms with Gasteiger partial charge >= 0.3 is 0 Å². The van der Waals surface area contributed by atoms with E-state index in [2.05, 4.69) is 158 Å². The van der Waals surface area contributed by atoms with Crippen LogP contribution in [-0.2, 0) is 5.41 Å². The molecule has 1 aromatic heterocycles. The van der Waals surface area contributed by atoms with Crippen molar-refractivity contribution in [3.05, 3.63) is 151 Å². The molecule has 0 N–H and O–H groups in total. The molecule has 0 radical (unpaired) electrons. The van der Waals surface area contributed by atoms with Crippen LogP contribution in [-0.4, -0.2) is 0 Å². The normalized spacial score (nSPS) is 13.3. The molecule has 41 heavy (non-hydrogen) atoms. The molecule has 0 saturated carbocycles. The van der Waals surface area contributed by atoms with Crippen LogP contribution in [0.5, 0.6) is 0 Å². The monoisotopic (exact) mass is 543 g/mol. The molecule has 1 nitrogen and oxygen atoms in total. The van der Waals surface area contributed by atoms with Gasteiger partial charge in [-0.25, -0.2) is 0 Å². The number of benzene rings is 6. The van der Waals surface area contributed by atoms with Gasteiger partial charge < -0.3 is 4.90 Å². The summed E-state index contributed by atoms with van der Waals surface area (Å²) in [7, 11) is 0. The Hall–Kier alpha value is -4.66. The Morgan fingerprint density at radius 2 is 1.05 bits per heavy atom. The van der Waals surface area contributed by atoms with Crippen LogP contribution in [0.15, 0.2) is 140 Å². The maximum Gasteiger partial charge on any atom is 0.0462 e. The minimum absolute atomic E-state index is 0.0214. The lowest BCUT2D eigenvalue weighted by atomic mass is 9.82. The van der Waals surface area contributed by atoms with Gasteiger partial charge in [0.15, 0.2) is 0 Å². The van der Waals surface area contributed by atoms with Gasteiger partial charge in [0.25, 0.3) is 0 Å². The van der Waals surface area contributed by atoms with Crippen LogP contribution in [0, 0.1) is 0 Å². The Morgan fingerprint density at radius 3 is 1.76 bits per heavy atom. The van der Waals surface area contributed by atoms with E-state index in [4.69, 9.17) is 0 Å². The molecule has 2 heteroatoms. The van der Waals surface area contributed by atoms with E-state index in [1.54, 1.807) is 0 Å². The van der Waals surface area contributed by atoms with Gasteiger partial charge in [-0.2, -0.15) is 0 Å². The van der Waals surface area contributed by atoms with E-state index in [1.165, 1.54) is 53.6 Å². The largest absolute Gasteiger partial charge is 0.311 e. The average Bonchev–Trinajstić information content (AvgIpc) is 3.51. The fraction of sp³-hybridized carbons (Fsp3) is 0.0769.